The summed E-state index contributed by atoms with van der Waals surface area (Å²) in [6.45, 7) is 4.51. The van der Waals surface area contributed by atoms with Crippen LogP contribution in [-0.4, -0.2) is 20.5 Å². The van der Waals surface area contributed by atoms with Crippen LogP contribution in [0.2, 0.25) is 0 Å². The molecule has 0 saturated carbocycles. The van der Waals surface area contributed by atoms with Crippen molar-refractivity contribution in [3.05, 3.63) is 78.9 Å². The van der Waals surface area contributed by atoms with Crippen LogP contribution in [0.4, 0.5) is 0 Å². The van der Waals surface area contributed by atoms with E-state index in [0.717, 1.165) is 22.1 Å². The van der Waals surface area contributed by atoms with Gasteiger partial charge in [0.05, 0.1) is 5.75 Å². The maximum absolute atomic E-state index is 4.34. The molecule has 118 valence electrons. The van der Waals surface area contributed by atoms with Crippen LogP contribution in [0, 0.1) is 11.8 Å². The van der Waals surface area contributed by atoms with Crippen LogP contribution >= 0.6 is 11.8 Å². The number of rotatable bonds is 5. The molecule has 4 heteroatoms. The molecular formula is C20H17N3S. The van der Waals surface area contributed by atoms with Gasteiger partial charge in [0.2, 0.25) is 0 Å². The first kappa shape index (κ1) is 16.1. The Kier molecular flexibility index (Phi) is 5.49. The quantitative estimate of drug-likeness (QED) is 0.397. The second-order valence-electron chi connectivity index (χ2n) is 5.03. The number of hydrogen-bond acceptors (Lipinski definition) is 3. The fourth-order valence-electron chi connectivity index (χ4n) is 2.25. The predicted octanol–water partition coefficient (Wildman–Crippen LogP) is 4.27. The molecule has 0 atom stereocenters. The van der Waals surface area contributed by atoms with Crippen molar-refractivity contribution in [3.8, 4) is 23.2 Å². The third-order valence-electron chi connectivity index (χ3n) is 3.34. The zero-order valence-electron chi connectivity index (χ0n) is 13.2. The molecule has 2 aromatic carbocycles. The van der Waals surface area contributed by atoms with Crippen LogP contribution in [0.1, 0.15) is 5.56 Å². The fraction of sp³-hybridized carbons (Fsp3) is 0.100. The van der Waals surface area contributed by atoms with Gasteiger partial charge in [-0.15, -0.1) is 16.8 Å². The molecule has 0 bridgehead atoms. The zero-order chi connectivity index (χ0) is 16.6. The van der Waals surface area contributed by atoms with E-state index < -0.39 is 0 Å². The third kappa shape index (κ3) is 3.95. The molecule has 0 aliphatic rings. The first-order valence-corrected chi connectivity index (χ1v) is 8.63. The normalized spacial score (nSPS) is 10.0. The number of allylic oxidation sites excluding steroid dienone is 1. The molecular weight excluding hydrogens is 314 g/mol. The van der Waals surface area contributed by atoms with E-state index in [9.17, 15) is 0 Å². The van der Waals surface area contributed by atoms with Crippen molar-refractivity contribution in [1.82, 2.24) is 14.8 Å². The molecule has 0 amide bonds. The third-order valence-corrected chi connectivity index (χ3v) is 4.19. The smallest absolute Gasteiger partial charge is 0.192 e. The highest BCUT2D eigenvalue weighted by atomic mass is 32.2. The van der Waals surface area contributed by atoms with Crippen molar-refractivity contribution in [1.29, 1.82) is 0 Å². The van der Waals surface area contributed by atoms with Gasteiger partial charge >= 0.3 is 0 Å². The van der Waals surface area contributed by atoms with E-state index in [1.807, 2.05) is 66.7 Å². The Morgan fingerprint density at radius 3 is 2.42 bits per heavy atom. The lowest BCUT2D eigenvalue weighted by Crippen LogP contribution is -2.00. The molecule has 0 aliphatic carbocycles. The van der Waals surface area contributed by atoms with Crippen molar-refractivity contribution in [2.45, 2.75) is 11.7 Å². The summed E-state index contributed by atoms with van der Waals surface area (Å²) in [5.41, 5.74) is 2.07. The maximum Gasteiger partial charge on any atom is 0.192 e. The minimum absolute atomic E-state index is 0.666. The van der Waals surface area contributed by atoms with Crippen LogP contribution in [-0.2, 0) is 6.54 Å². The Balaban J connectivity index is 1.75. The van der Waals surface area contributed by atoms with Crippen LogP contribution in [0.15, 0.2) is 78.5 Å². The highest BCUT2D eigenvalue weighted by Crippen LogP contribution is 2.23. The van der Waals surface area contributed by atoms with Crippen LogP contribution in [0.25, 0.3) is 11.4 Å². The summed E-state index contributed by atoms with van der Waals surface area (Å²) >= 11 is 1.59. The van der Waals surface area contributed by atoms with Crippen LogP contribution < -0.4 is 0 Å². The lowest BCUT2D eigenvalue weighted by Gasteiger charge is -2.06. The van der Waals surface area contributed by atoms with Crippen molar-refractivity contribution in [2.24, 2.45) is 0 Å². The molecule has 0 N–H and O–H groups in total. The molecule has 1 aromatic heterocycles. The molecule has 0 saturated heterocycles. The lowest BCUT2D eigenvalue weighted by atomic mass is 10.2. The standard InChI is InChI=1S/C20H17N3S/c1-2-15-23-19(18-13-7-4-8-14-18)21-22-20(23)24-16-9-12-17-10-5-3-6-11-17/h2-8,10-11,13-14H,1,15-16H2. The molecule has 0 fully saturated rings. The van der Waals surface area contributed by atoms with E-state index in [4.69, 9.17) is 0 Å². The van der Waals surface area contributed by atoms with Gasteiger partial charge in [0.25, 0.3) is 0 Å². The second-order valence-corrected chi connectivity index (χ2v) is 5.97. The highest BCUT2D eigenvalue weighted by molar-refractivity contribution is 7.99. The lowest BCUT2D eigenvalue weighted by molar-refractivity contribution is 0.732. The molecule has 3 nitrogen and oxygen atoms in total. The molecule has 0 aliphatic heterocycles. The molecule has 0 unspecified atom stereocenters. The van der Waals surface area contributed by atoms with Gasteiger partial charge in [0, 0.05) is 17.7 Å². The van der Waals surface area contributed by atoms with E-state index in [1.165, 1.54) is 0 Å². The van der Waals surface area contributed by atoms with Gasteiger partial charge in [0.15, 0.2) is 11.0 Å². The van der Waals surface area contributed by atoms with E-state index in [-0.39, 0.29) is 0 Å². The van der Waals surface area contributed by atoms with Gasteiger partial charge in [-0.25, -0.2) is 0 Å². The van der Waals surface area contributed by atoms with E-state index in [1.54, 1.807) is 11.8 Å². The van der Waals surface area contributed by atoms with Gasteiger partial charge < -0.3 is 0 Å². The fourth-order valence-corrected chi connectivity index (χ4v) is 2.94. The largest absolute Gasteiger partial charge is 0.298 e. The van der Waals surface area contributed by atoms with Crippen molar-refractivity contribution in [2.75, 3.05) is 5.75 Å². The Morgan fingerprint density at radius 1 is 1.00 bits per heavy atom. The van der Waals surface area contributed by atoms with Crippen molar-refractivity contribution < 1.29 is 0 Å². The van der Waals surface area contributed by atoms with E-state index >= 15 is 0 Å². The molecule has 3 aromatic rings. The molecule has 3 rings (SSSR count). The van der Waals surface area contributed by atoms with Crippen LogP contribution in [0.5, 0.6) is 0 Å². The summed E-state index contributed by atoms with van der Waals surface area (Å²) < 4.78 is 2.07. The summed E-state index contributed by atoms with van der Waals surface area (Å²) in [5, 5.41) is 9.51. The SMILES string of the molecule is C=CCn1c(SCC#Cc2ccccc2)nnc1-c1ccccc1. The number of aromatic nitrogens is 3. The predicted molar refractivity (Wildman–Crippen MR) is 99.7 cm³/mol. The molecule has 24 heavy (non-hydrogen) atoms. The molecule has 1 heterocycles. The van der Waals surface area contributed by atoms with Gasteiger partial charge in [-0.2, -0.15) is 0 Å². The van der Waals surface area contributed by atoms with Gasteiger partial charge in [0.1, 0.15) is 0 Å². The maximum atomic E-state index is 4.34. The Bertz CT molecular complexity index is 858. The average molecular weight is 331 g/mol. The average Bonchev–Trinajstić information content (AvgIpc) is 3.03. The monoisotopic (exact) mass is 331 g/mol. The van der Waals surface area contributed by atoms with Gasteiger partial charge in [-0.1, -0.05) is 78.2 Å². The Morgan fingerprint density at radius 2 is 1.71 bits per heavy atom. The number of nitrogens with zero attached hydrogens (tertiary/aromatic N) is 3. The van der Waals surface area contributed by atoms with Gasteiger partial charge in [-0.3, -0.25) is 4.57 Å². The molecule has 0 radical (unpaired) electrons. The topological polar surface area (TPSA) is 30.7 Å². The zero-order valence-corrected chi connectivity index (χ0v) is 14.0. The summed E-state index contributed by atoms with van der Waals surface area (Å²) in [7, 11) is 0. The van der Waals surface area contributed by atoms with E-state index in [0.29, 0.717) is 12.3 Å². The number of hydrogen-bond donors (Lipinski definition) is 0. The van der Waals surface area contributed by atoms with Gasteiger partial charge in [-0.05, 0) is 12.1 Å². The summed E-state index contributed by atoms with van der Waals surface area (Å²) in [6.07, 6.45) is 1.86. The summed E-state index contributed by atoms with van der Waals surface area (Å²) in [6, 6.07) is 20.0. The summed E-state index contributed by atoms with van der Waals surface area (Å²) in [4.78, 5) is 0. The highest BCUT2D eigenvalue weighted by Gasteiger charge is 2.12. The number of thioether (sulfide) groups is 1. The first-order valence-electron chi connectivity index (χ1n) is 7.64. The first-order chi connectivity index (χ1) is 11.9. The Labute approximate surface area is 146 Å². The minimum Gasteiger partial charge on any atom is -0.298 e. The minimum atomic E-state index is 0.666. The van der Waals surface area contributed by atoms with Crippen molar-refractivity contribution in [3.63, 3.8) is 0 Å². The second kappa shape index (κ2) is 8.19. The van der Waals surface area contributed by atoms with Crippen LogP contribution in [0.3, 0.4) is 0 Å². The van der Waals surface area contributed by atoms with E-state index in [2.05, 4.69) is 33.2 Å². The molecule has 0 spiro atoms. The summed E-state index contributed by atoms with van der Waals surface area (Å²) in [5.74, 6) is 7.85. The van der Waals surface area contributed by atoms with Crippen molar-refractivity contribution >= 4 is 11.8 Å². The number of benzene rings is 2. The Hall–Kier alpha value is -2.77.